The van der Waals surface area contributed by atoms with E-state index in [1.54, 1.807) is 10.9 Å². The number of nitrogens with one attached hydrogen (secondary N) is 1. The third-order valence-electron chi connectivity index (χ3n) is 4.75. The average Bonchev–Trinajstić information content (AvgIpc) is 3.35. The lowest BCUT2D eigenvalue weighted by Gasteiger charge is -2.18. The summed E-state index contributed by atoms with van der Waals surface area (Å²) in [5.41, 5.74) is 1.96. The maximum atomic E-state index is 11.3. The van der Waals surface area contributed by atoms with Gasteiger partial charge in [0.15, 0.2) is 17.0 Å². The highest BCUT2D eigenvalue weighted by Crippen LogP contribution is 2.42. The van der Waals surface area contributed by atoms with Gasteiger partial charge in [0.1, 0.15) is 12.6 Å². The van der Waals surface area contributed by atoms with E-state index in [4.69, 9.17) is 24.4 Å². The summed E-state index contributed by atoms with van der Waals surface area (Å²) in [6.07, 6.45) is 3.12. The zero-order valence-corrected chi connectivity index (χ0v) is 17.0. The molecule has 3 heterocycles. The van der Waals surface area contributed by atoms with Crippen molar-refractivity contribution in [2.24, 2.45) is 0 Å². The molecule has 1 fully saturated rings. The van der Waals surface area contributed by atoms with Gasteiger partial charge in [0.05, 0.1) is 19.0 Å². The van der Waals surface area contributed by atoms with Crippen LogP contribution in [0.15, 0.2) is 43.0 Å². The summed E-state index contributed by atoms with van der Waals surface area (Å²) < 4.78 is 23.8. The van der Waals surface area contributed by atoms with E-state index < -0.39 is 31.7 Å². The van der Waals surface area contributed by atoms with Crippen LogP contribution in [0.1, 0.15) is 19.1 Å². The number of aliphatic carboxylic acids is 1. The topological polar surface area (TPSA) is 169 Å². The Balaban J connectivity index is 1.46. The van der Waals surface area contributed by atoms with Gasteiger partial charge in [-0.05, 0) is 25.0 Å². The first-order chi connectivity index (χ1) is 14.8. The molecule has 1 aliphatic heterocycles. The maximum Gasteiger partial charge on any atom is 0.365 e. The molecule has 3 unspecified atom stereocenters. The van der Waals surface area contributed by atoms with Crippen LogP contribution in [0.4, 0.5) is 11.5 Å². The number of imidazole rings is 1. The molecule has 0 aliphatic carbocycles. The first kappa shape index (κ1) is 21.3. The van der Waals surface area contributed by atoms with Crippen molar-refractivity contribution in [1.82, 2.24) is 19.5 Å². The molecule has 4 rings (SSSR count). The molecule has 0 radical (unpaired) electrons. The number of fused-ring (bicyclic) bond motifs is 1. The molecule has 2 aromatic heterocycles. The minimum absolute atomic E-state index is 0.263. The lowest BCUT2D eigenvalue weighted by molar-refractivity contribution is -0.148. The highest BCUT2D eigenvalue weighted by molar-refractivity contribution is 7.53. The fourth-order valence-electron chi connectivity index (χ4n) is 3.34. The van der Waals surface area contributed by atoms with E-state index in [9.17, 15) is 9.36 Å². The molecular formula is C18H20N5O7P. The number of hydrogen-bond donors (Lipinski definition) is 4. The third-order valence-corrected chi connectivity index (χ3v) is 5.73. The van der Waals surface area contributed by atoms with Crippen LogP contribution in [0.5, 0.6) is 0 Å². The molecule has 4 N–H and O–H groups in total. The van der Waals surface area contributed by atoms with E-state index in [0.717, 1.165) is 5.69 Å². The predicted octanol–water partition coefficient (Wildman–Crippen LogP) is 1.85. The molecule has 31 heavy (non-hydrogen) atoms. The van der Waals surface area contributed by atoms with Gasteiger partial charge in [-0.25, -0.2) is 19.7 Å². The van der Waals surface area contributed by atoms with Crippen molar-refractivity contribution in [1.29, 1.82) is 0 Å². The molecule has 1 aliphatic rings. The van der Waals surface area contributed by atoms with E-state index in [-0.39, 0.29) is 6.61 Å². The van der Waals surface area contributed by atoms with Gasteiger partial charge in [-0.15, -0.1) is 0 Å². The van der Waals surface area contributed by atoms with E-state index in [1.807, 2.05) is 30.3 Å². The lowest BCUT2D eigenvalue weighted by Crippen LogP contribution is -2.28. The van der Waals surface area contributed by atoms with Crippen LogP contribution in [0, 0.1) is 0 Å². The van der Waals surface area contributed by atoms with Crippen LogP contribution in [0.3, 0.4) is 0 Å². The Bertz CT molecular complexity index is 1120. The molecule has 1 saturated heterocycles. The molecule has 0 bridgehead atoms. The van der Waals surface area contributed by atoms with Crippen LogP contribution in [0.25, 0.3) is 11.2 Å². The van der Waals surface area contributed by atoms with Gasteiger partial charge in [-0.2, -0.15) is 0 Å². The van der Waals surface area contributed by atoms with Crippen molar-refractivity contribution < 1.29 is 33.7 Å². The molecular weight excluding hydrogens is 429 g/mol. The number of hydrogen-bond acceptors (Lipinski definition) is 8. The predicted molar refractivity (Wildman–Crippen MR) is 108 cm³/mol. The van der Waals surface area contributed by atoms with Crippen molar-refractivity contribution in [3.63, 3.8) is 0 Å². The smallest absolute Gasteiger partial charge is 0.365 e. The number of carboxylic acid groups (broad SMARTS) is 1. The van der Waals surface area contributed by atoms with Crippen molar-refractivity contribution in [3.05, 3.63) is 43.0 Å². The Morgan fingerprint density at radius 1 is 1.26 bits per heavy atom. The second-order valence-electron chi connectivity index (χ2n) is 6.94. The van der Waals surface area contributed by atoms with E-state index >= 15 is 0 Å². The molecule has 3 atom stereocenters. The standard InChI is InChI=1S/C18H20N5O7P/c24-17(25)18(31(26,27)28)29-8-12-6-7-13(30-12)23-10-21-14-15(19-9-20-16(14)23)22-11-4-2-1-3-5-11/h1-5,9-10,12-13,18H,6-8H2,(H,24,25)(H,19,20,22)(H2,26,27,28). The Morgan fingerprint density at radius 2 is 2.03 bits per heavy atom. The van der Waals surface area contributed by atoms with Crippen LogP contribution >= 0.6 is 7.60 Å². The fraction of sp³-hybridized carbons (Fsp3) is 0.333. The van der Waals surface area contributed by atoms with Crippen LogP contribution < -0.4 is 5.32 Å². The second-order valence-corrected chi connectivity index (χ2v) is 8.59. The number of rotatable bonds is 8. The quantitative estimate of drug-likeness (QED) is 0.370. The molecule has 0 spiro atoms. The Morgan fingerprint density at radius 3 is 2.74 bits per heavy atom. The van der Waals surface area contributed by atoms with Crippen LogP contribution in [-0.4, -0.2) is 58.9 Å². The number of anilines is 2. The van der Waals surface area contributed by atoms with Gasteiger partial charge in [-0.1, -0.05) is 18.2 Å². The van der Waals surface area contributed by atoms with Gasteiger partial charge >= 0.3 is 13.6 Å². The normalized spacial score (nSPS) is 20.1. The first-order valence-electron chi connectivity index (χ1n) is 9.37. The van der Waals surface area contributed by atoms with Gasteiger partial charge in [0.2, 0.25) is 0 Å². The number of benzene rings is 1. The fourth-order valence-corrected chi connectivity index (χ4v) is 3.91. The summed E-state index contributed by atoms with van der Waals surface area (Å²) in [7, 11) is -4.94. The van der Waals surface area contributed by atoms with E-state index in [0.29, 0.717) is 29.8 Å². The maximum absolute atomic E-state index is 11.3. The first-order valence-corrected chi connectivity index (χ1v) is 11.1. The number of carbonyl (C=O) groups is 1. The Kier molecular flexibility index (Phi) is 5.99. The largest absolute Gasteiger partial charge is 0.479 e. The van der Waals surface area contributed by atoms with Crippen LogP contribution in [-0.2, 0) is 18.8 Å². The summed E-state index contributed by atoms with van der Waals surface area (Å²) in [6, 6.07) is 9.51. The molecule has 1 aromatic carbocycles. The highest BCUT2D eigenvalue weighted by atomic mass is 31.2. The van der Waals surface area contributed by atoms with Crippen LogP contribution in [0.2, 0.25) is 0 Å². The molecule has 164 valence electrons. The van der Waals surface area contributed by atoms with E-state index in [2.05, 4.69) is 20.3 Å². The molecule has 12 nitrogen and oxygen atoms in total. The highest BCUT2D eigenvalue weighted by Gasteiger charge is 2.38. The minimum atomic E-state index is -4.94. The van der Waals surface area contributed by atoms with E-state index in [1.165, 1.54) is 6.33 Å². The van der Waals surface area contributed by atoms with Crippen molar-refractivity contribution in [3.8, 4) is 0 Å². The Labute approximate surface area is 176 Å². The minimum Gasteiger partial charge on any atom is -0.479 e. The summed E-state index contributed by atoms with van der Waals surface area (Å²) in [4.78, 5) is 42.2. The summed E-state index contributed by atoms with van der Waals surface area (Å²) in [5, 5.41) is 12.1. The summed E-state index contributed by atoms with van der Waals surface area (Å²) >= 11 is 0. The zero-order chi connectivity index (χ0) is 22.0. The number of carboxylic acids is 1. The third kappa shape index (κ3) is 4.73. The molecule has 13 heteroatoms. The summed E-state index contributed by atoms with van der Waals surface area (Å²) in [5.74, 6) is -3.40. The van der Waals surface area contributed by atoms with Crippen molar-refractivity contribution in [2.45, 2.75) is 31.0 Å². The SMILES string of the molecule is O=C(O)C(OCC1CCC(n2cnc3c(Nc4ccccc4)ncnc32)O1)P(=O)(O)O. The molecule has 0 amide bonds. The molecule has 0 saturated carbocycles. The van der Waals surface area contributed by atoms with Crippen molar-refractivity contribution in [2.75, 3.05) is 11.9 Å². The zero-order valence-electron chi connectivity index (χ0n) is 16.1. The number of aromatic nitrogens is 4. The number of ether oxygens (including phenoxy) is 2. The second kappa shape index (κ2) is 8.69. The number of para-hydroxylation sites is 1. The van der Waals surface area contributed by atoms with Crippen molar-refractivity contribution >= 4 is 36.2 Å². The number of nitrogens with zero attached hydrogens (tertiary/aromatic N) is 4. The lowest BCUT2D eigenvalue weighted by atomic mass is 10.2. The van der Waals surface area contributed by atoms with Gasteiger partial charge in [0.25, 0.3) is 5.85 Å². The average molecular weight is 449 g/mol. The Hall–Kier alpha value is -2.89. The van der Waals surface area contributed by atoms with Gasteiger partial charge in [-0.3, -0.25) is 9.13 Å². The monoisotopic (exact) mass is 449 g/mol. The van der Waals surface area contributed by atoms with Gasteiger partial charge in [0, 0.05) is 5.69 Å². The molecule has 3 aromatic rings. The summed E-state index contributed by atoms with van der Waals surface area (Å²) in [6.45, 7) is -0.263. The van der Waals surface area contributed by atoms with Gasteiger partial charge < -0.3 is 29.7 Å².